The Morgan fingerprint density at radius 1 is 1.21 bits per heavy atom. The normalized spacial score (nSPS) is 17.7. The first-order chi connectivity index (χ1) is 16.2. The van der Waals surface area contributed by atoms with Gasteiger partial charge >= 0.3 is 5.97 Å². The quantitative estimate of drug-likeness (QED) is 0.477. The lowest BCUT2D eigenvalue weighted by Gasteiger charge is -2.30. The topological polar surface area (TPSA) is 98.0 Å². The summed E-state index contributed by atoms with van der Waals surface area (Å²) in [6, 6.07) is 11.0. The van der Waals surface area contributed by atoms with Crippen LogP contribution in [0.5, 0.6) is 0 Å². The van der Waals surface area contributed by atoms with Crippen LogP contribution in [0.15, 0.2) is 52.4 Å². The minimum atomic E-state index is -3.62. The van der Waals surface area contributed by atoms with Crippen LogP contribution in [0.2, 0.25) is 5.02 Å². The van der Waals surface area contributed by atoms with E-state index in [4.69, 9.17) is 16.3 Å². The number of esters is 1. The molecular formula is C23H24ClN3O5S2. The first-order valence-corrected chi connectivity index (χ1v) is 13.4. The zero-order valence-electron chi connectivity index (χ0n) is 18.7. The molecule has 1 atom stereocenters. The van der Waals surface area contributed by atoms with Crippen molar-refractivity contribution in [2.75, 3.05) is 20.2 Å². The van der Waals surface area contributed by atoms with Crippen molar-refractivity contribution in [3.63, 3.8) is 0 Å². The number of hydrogen-bond acceptors (Lipinski definition) is 6. The van der Waals surface area contributed by atoms with E-state index in [-0.39, 0.29) is 17.0 Å². The number of piperidine rings is 1. The van der Waals surface area contributed by atoms with Crippen molar-refractivity contribution in [3.8, 4) is 0 Å². The van der Waals surface area contributed by atoms with E-state index in [1.54, 1.807) is 22.8 Å². The molecule has 4 rings (SSSR count). The molecule has 3 aromatic rings. The highest BCUT2D eigenvalue weighted by Gasteiger charge is 2.28. The fraction of sp³-hybridized carbons (Fsp3) is 0.348. The molecule has 2 aromatic carbocycles. The summed E-state index contributed by atoms with van der Waals surface area (Å²) < 4.78 is 34.6. The number of amides is 1. The largest absolute Gasteiger partial charge is 0.468 e. The van der Waals surface area contributed by atoms with Crippen molar-refractivity contribution in [2.45, 2.75) is 31.2 Å². The van der Waals surface area contributed by atoms with E-state index in [0.717, 1.165) is 17.5 Å². The number of benzene rings is 2. The fourth-order valence-corrected chi connectivity index (χ4v) is 6.82. The van der Waals surface area contributed by atoms with E-state index < -0.39 is 21.9 Å². The number of carbonyl (C=O) groups excluding carboxylic acids is 2. The molecule has 0 bridgehead atoms. The third-order valence-electron chi connectivity index (χ3n) is 5.72. The summed E-state index contributed by atoms with van der Waals surface area (Å²) in [4.78, 5) is 29.5. The number of thiazole rings is 1. The number of ether oxygens (including phenoxy) is 1. The summed E-state index contributed by atoms with van der Waals surface area (Å²) in [6.07, 6.45) is 1.85. The molecule has 0 radical (unpaired) electrons. The van der Waals surface area contributed by atoms with Crippen molar-refractivity contribution in [3.05, 3.63) is 57.9 Å². The van der Waals surface area contributed by atoms with Gasteiger partial charge < -0.3 is 9.30 Å². The van der Waals surface area contributed by atoms with Gasteiger partial charge in [0.05, 0.1) is 22.2 Å². The van der Waals surface area contributed by atoms with E-state index in [9.17, 15) is 18.0 Å². The van der Waals surface area contributed by atoms with Crippen LogP contribution in [0.3, 0.4) is 0 Å². The number of rotatable bonds is 5. The van der Waals surface area contributed by atoms with Crippen molar-refractivity contribution in [1.82, 2.24) is 8.87 Å². The first kappa shape index (κ1) is 24.6. The number of hydrogen-bond donors (Lipinski definition) is 0. The zero-order chi connectivity index (χ0) is 24.5. The van der Waals surface area contributed by atoms with Gasteiger partial charge in [0.2, 0.25) is 10.0 Å². The molecule has 1 fully saturated rings. The summed E-state index contributed by atoms with van der Waals surface area (Å²) in [7, 11) is -2.33. The van der Waals surface area contributed by atoms with Crippen molar-refractivity contribution in [1.29, 1.82) is 0 Å². The molecule has 180 valence electrons. The molecule has 1 aliphatic rings. The summed E-state index contributed by atoms with van der Waals surface area (Å²) in [5.41, 5.74) is 0.939. The molecule has 1 unspecified atom stereocenters. The van der Waals surface area contributed by atoms with Gasteiger partial charge in [-0.3, -0.25) is 9.59 Å². The van der Waals surface area contributed by atoms with Crippen molar-refractivity contribution >= 4 is 55.1 Å². The standard InChI is InChI=1S/C23H24ClN3O5S2/c1-15-4-3-11-26(13-15)34(30,31)18-8-5-16(6-9-18)22(29)25-23-27(14-21(28)32-2)19-10-7-17(24)12-20(19)33-23/h5-10,12,15H,3-4,11,13-14H2,1-2H3. The van der Waals surface area contributed by atoms with Gasteiger partial charge in [-0.2, -0.15) is 9.30 Å². The van der Waals surface area contributed by atoms with Crippen LogP contribution in [0.1, 0.15) is 30.1 Å². The Morgan fingerprint density at radius 3 is 2.62 bits per heavy atom. The predicted octanol–water partition coefficient (Wildman–Crippen LogP) is 3.69. The molecule has 1 aliphatic heterocycles. The van der Waals surface area contributed by atoms with Gasteiger partial charge in [0.1, 0.15) is 6.54 Å². The third-order valence-corrected chi connectivity index (χ3v) is 8.87. The van der Waals surface area contributed by atoms with E-state index in [1.807, 2.05) is 6.92 Å². The number of methoxy groups -OCH3 is 1. The molecule has 2 heterocycles. The van der Waals surface area contributed by atoms with Gasteiger partial charge in [-0.15, -0.1) is 0 Å². The summed E-state index contributed by atoms with van der Waals surface area (Å²) in [5, 5.41) is 0.525. The Hall–Kier alpha value is -2.53. The lowest BCUT2D eigenvalue weighted by atomic mass is 10.0. The molecule has 0 aliphatic carbocycles. The Bertz CT molecular complexity index is 1410. The van der Waals surface area contributed by atoms with Crippen LogP contribution in [0, 0.1) is 5.92 Å². The second kappa shape index (κ2) is 9.99. The van der Waals surface area contributed by atoms with Gasteiger partial charge in [0, 0.05) is 23.7 Å². The second-order valence-electron chi connectivity index (χ2n) is 8.21. The Balaban J connectivity index is 1.65. The number of nitrogens with zero attached hydrogens (tertiary/aromatic N) is 3. The van der Waals surface area contributed by atoms with E-state index in [0.29, 0.717) is 34.3 Å². The molecule has 0 spiro atoms. The van der Waals surface area contributed by atoms with Crippen molar-refractivity contribution in [2.24, 2.45) is 10.9 Å². The molecule has 0 N–H and O–H groups in total. The Kier molecular flexibility index (Phi) is 7.22. The summed E-state index contributed by atoms with van der Waals surface area (Å²) in [5.74, 6) is -0.715. The van der Waals surface area contributed by atoms with Crippen LogP contribution in [-0.4, -0.2) is 49.4 Å². The first-order valence-electron chi connectivity index (χ1n) is 10.7. The maximum atomic E-state index is 13.0. The SMILES string of the molecule is COC(=O)Cn1c(=NC(=O)c2ccc(S(=O)(=O)N3CCCC(C)C3)cc2)sc2cc(Cl)ccc21. The molecule has 1 saturated heterocycles. The third kappa shape index (κ3) is 5.10. The van der Waals surface area contributed by atoms with Gasteiger partial charge in [-0.1, -0.05) is 29.9 Å². The van der Waals surface area contributed by atoms with Crippen LogP contribution >= 0.6 is 22.9 Å². The minimum Gasteiger partial charge on any atom is -0.468 e. The highest BCUT2D eigenvalue weighted by Crippen LogP contribution is 2.24. The molecule has 11 heteroatoms. The van der Waals surface area contributed by atoms with Gasteiger partial charge in [0.15, 0.2) is 4.80 Å². The van der Waals surface area contributed by atoms with E-state index in [1.165, 1.54) is 47.0 Å². The number of sulfonamides is 1. The number of fused-ring (bicyclic) bond motifs is 1. The monoisotopic (exact) mass is 521 g/mol. The smallest absolute Gasteiger partial charge is 0.325 e. The predicted molar refractivity (Wildman–Crippen MR) is 130 cm³/mol. The Morgan fingerprint density at radius 2 is 1.94 bits per heavy atom. The Labute approximate surface area is 206 Å². The van der Waals surface area contributed by atoms with Crippen LogP contribution in [0.4, 0.5) is 0 Å². The van der Waals surface area contributed by atoms with Crippen molar-refractivity contribution < 1.29 is 22.7 Å². The molecule has 0 saturated carbocycles. The molecule has 34 heavy (non-hydrogen) atoms. The maximum Gasteiger partial charge on any atom is 0.325 e. The summed E-state index contributed by atoms with van der Waals surface area (Å²) in [6.45, 7) is 2.92. The highest BCUT2D eigenvalue weighted by atomic mass is 35.5. The van der Waals surface area contributed by atoms with E-state index >= 15 is 0 Å². The number of carbonyl (C=O) groups is 2. The zero-order valence-corrected chi connectivity index (χ0v) is 21.1. The molecular weight excluding hydrogens is 498 g/mol. The summed E-state index contributed by atoms with van der Waals surface area (Å²) >= 11 is 7.31. The average molecular weight is 522 g/mol. The lowest BCUT2D eigenvalue weighted by molar-refractivity contribution is -0.141. The van der Waals surface area contributed by atoms with Crippen LogP contribution in [-0.2, 0) is 26.1 Å². The maximum absolute atomic E-state index is 13.0. The number of halogens is 1. The number of aromatic nitrogens is 1. The fourth-order valence-electron chi connectivity index (χ4n) is 3.91. The second-order valence-corrected chi connectivity index (χ2v) is 11.6. The van der Waals surface area contributed by atoms with Crippen LogP contribution < -0.4 is 4.80 Å². The molecule has 8 nitrogen and oxygen atoms in total. The minimum absolute atomic E-state index is 0.115. The average Bonchev–Trinajstić information content (AvgIpc) is 3.14. The van der Waals surface area contributed by atoms with Gasteiger partial charge in [-0.05, 0) is 61.2 Å². The lowest BCUT2D eigenvalue weighted by Crippen LogP contribution is -2.39. The van der Waals surface area contributed by atoms with Gasteiger partial charge in [-0.25, -0.2) is 8.42 Å². The van der Waals surface area contributed by atoms with Gasteiger partial charge in [0.25, 0.3) is 5.91 Å². The van der Waals surface area contributed by atoms with E-state index in [2.05, 4.69) is 4.99 Å². The highest BCUT2D eigenvalue weighted by molar-refractivity contribution is 7.89. The molecule has 1 aromatic heterocycles. The van der Waals surface area contributed by atoms with Crippen LogP contribution in [0.25, 0.3) is 10.2 Å². The molecule has 1 amide bonds.